The molecular weight excluding hydrogens is 418 g/mol. The van der Waals surface area contributed by atoms with Gasteiger partial charge in [-0.3, -0.25) is 4.99 Å². The maximum Gasteiger partial charge on any atom is 0.191 e. The Morgan fingerprint density at radius 2 is 1.96 bits per heavy atom. The highest BCUT2D eigenvalue weighted by atomic mass is 127. The lowest BCUT2D eigenvalue weighted by atomic mass is 10.1. The number of aliphatic imine (C=N–C) groups is 1. The van der Waals surface area contributed by atoms with Gasteiger partial charge in [0.2, 0.25) is 0 Å². The van der Waals surface area contributed by atoms with E-state index in [0.717, 1.165) is 37.6 Å². The molecule has 1 aromatic carbocycles. The molecule has 0 aliphatic carbocycles. The first-order valence-electron chi connectivity index (χ1n) is 8.77. The van der Waals surface area contributed by atoms with Crippen molar-refractivity contribution in [2.75, 3.05) is 39.3 Å². The lowest BCUT2D eigenvalue weighted by molar-refractivity contribution is 0.336. The van der Waals surface area contributed by atoms with Crippen molar-refractivity contribution in [3.05, 3.63) is 35.6 Å². The van der Waals surface area contributed by atoms with Crippen LogP contribution in [0, 0.1) is 5.82 Å². The van der Waals surface area contributed by atoms with Crippen LogP contribution in [0.3, 0.4) is 0 Å². The van der Waals surface area contributed by atoms with E-state index in [-0.39, 0.29) is 29.8 Å². The lowest BCUT2D eigenvalue weighted by Gasteiger charge is -2.14. The zero-order valence-electron chi connectivity index (χ0n) is 14.6. The predicted octanol–water partition coefficient (Wildman–Crippen LogP) is 3.03. The Hall–Kier alpha value is -0.890. The third-order valence-corrected chi connectivity index (χ3v) is 4.09. The Morgan fingerprint density at radius 3 is 2.67 bits per heavy atom. The van der Waals surface area contributed by atoms with E-state index in [0.29, 0.717) is 13.0 Å². The second kappa shape index (κ2) is 12.5. The van der Waals surface area contributed by atoms with Gasteiger partial charge in [0.15, 0.2) is 5.96 Å². The molecule has 2 N–H and O–H groups in total. The fourth-order valence-corrected chi connectivity index (χ4v) is 2.85. The summed E-state index contributed by atoms with van der Waals surface area (Å²) >= 11 is 0. The summed E-state index contributed by atoms with van der Waals surface area (Å²) in [6.45, 7) is 8.01. The van der Waals surface area contributed by atoms with Crippen LogP contribution < -0.4 is 10.6 Å². The van der Waals surface area contributed by atoms with Gasteiger partial charge in [-0.25, -0.2) is 4.39 Å². The molecule has 0 aromatic heterocycles. The highest BCUT2D eigenvalue weighted by Crippen LogP contribution is 2.07. The van der Waals surface area contributed by atoms with E-state index in [9.17, 15) is 4.39 Å². The Labute approximate surface area is 162 Å². The molecular formula is C18H30FIN4. The van der Waals surface area contributed by atoms with Crippen LogP contribution in [-0.4, -0.2) is 50.1 Å². The monoisotopic (exact) mass is 448 g/mol. The third-order valence-electron chi connectivity index (χ3n) is 4.09. The van der Waals surface area contributed by atoms with E-state index >= 15 is 0 Å². The first-order valence-corrected chi connectivity index (χ1v) is 8.77. The number of nitrogens with one attached hydrogen (secondary N) is 2. The number of hydrogen-bond donors (Lipinski definition) is 2. The molecule has 0 radical (unpaired) electrons. The van der Waals surface area contributed by atoms with Crippen LogP contribution >= 0.6 is 24.0 Å². The minimum Gasteiger partial charge on any atom is -0.357 e. The minimum absolute atomic E-state index is 0. The molecule has 1 heterocycles. The summed E-state index contributed by atoms with van der Waals surface area (Å²) in [5.41, 5.74) is 0.741. The Bertz CT molecular complexity index is 490. The maximum absolute atomic E-state index is 13.6. The molecule has 24 heavy (non-hydrogen) atoms. The summed E-state index contributed by atoms with van der Waals surface area (Å²) in [5, 5.41) is 6.53. The molecule has 0 atom stereocenters. The van der Waals surface area contributed by atoms with Crippen molar-refractivity contribution < 1.29 is 4.39 Å². The minimum atomic E-state index is -0.137. The van der Waals surface area contributed by atoms with Gasteiger partial charge in [0.05, 0.1) is 0 Å². The second-order valence-electron chi connectivity index (χ2n) is 5.93. The zero-order chi connectivity index (χ0) is 16.3. The molecule has 1 aromatic rings. The molecule has 4 nitrogen and oxygen atoms in total. The molecule has 1 aliphatic rings. The van der Waals surface area contributed by atoms with Crippen molar-refractivity contribution in [1.29, 1.82) is 0 Å². The summed E-state index contributed by atoms with van der Waals surface area (Å²) < 4.78 is 13.6. The molecule has 0 unspecified atom stereocenters. The fourth-order valence-electron chi connectivity index (χ4n) is 2.85. The van der Waals surface area contributed by atoms with E-state index in [2.05, 4.69) is 27.4 Å². The summed E-state index contributed by atoms with van der Waals surface area (Å²) in [6, 6.07) is 6.93. The molecule has 1 saturated heterocycles. The van der Waals surface area contributed by atoms with Gasteiger partial charge in [-0.2, -0.15) is 0 Å². The third kappa shape index (κ3) is 7.79. The topological polar surface area (TPSA) is 39.7 Å². The van der Waals surface area contributed by atoms with Gasteiger partial charge in [0.1, 0.15) is 5.82 Å². The number of nitrogens with zero attached hydrogens (tertiary/aromatic N) is 2. The van der Waals surface area contributed by atoms with Gasteiger partial charge < -0.3 is 15.5 Å². The molecule has 6 heteroatoms. The van der Waals surface area contributed by atoms with Crippen LogP contribution in [0.1, 0.15) is 31.7 Å². The second-order valence-corrected chi connectivity index (χ2v) is 5.93. The SMILES string of the molecule is CCNC(=NCCCN1CCCC1)NCCc1ccccc1F.I. The van der Waals surface area contributed by atoms with E-state index in [1.165, 1.54) is 32.0 Å². The molecule has 2 rings (SSSR count). The predicted molar refractivity (Wildman–Crippen MR) is 110 cm³/mol. The van der Waals surface area contributed by atoms with Crippen molar-refractivity contribution in [3.63, 3.8) is 0 Å². The van der Waals surface area contributed by atoms with Gasteiger partial charge in [-0.15, -0.1) is 24.0 Å². The van der Waals surface area contributed by atoms with Crippen LogP contribution in [0.15, 0.2) is 29.3 Å². The molecule has 136 valence electrons. The molecule has 0 saturated carbocycles. The summed E-state index contributed by atoms with van der Waals surface area (Å²) in [5.74, 6) is 0.687. The van der Waals surface area contributed by atoms with Crippen molar-refractivity contribution >= 4 is 29.9 Å². The molecule has 0 spiro atoms. The summed E-state index contributed by atoms with van der Waals surface area (Å²) in [7, 11) is 0. The summed E-state index contributed by atoms with van der Waals surface area (Å²) in [6.07, 6.45) is 4.42. The van der Waals surface area contributed by atoms with Crippen LogP contribution in [0.4, 0.5) is 4.39 Å². The number of rotatable bonds is 8. The molecule has 0 amide bonds. The normalized spacial score (nSPS) is 15.2. The van der Waals surface area contributed by atoms with Gasteiger partial charge in [-0.05, 0) is 63.9 Å². The molecule has 1 aliphatic heterocycles. The molecule has 1 fully saturated rings. The highest BCUT2D eigenvalue weighted by Gasteiger charge is 2.10. The average Bonchev–Trinajstić information content (AvgIpc) is 3.06. The van der Waals surface area contributed by atoms with Crippen molar-refractivity contribution in [2.24, 2.45) is 4.99 Å². The highest BCUT2D eigenvalue weighted by molar-refractivity contribution is 14.0. The Balaban J connectivity index is 0.00000288. The van der Waals surface area contributed by atoms with E-state index in [4.69, 9.17) is 0 Å². The van der Waals surface area contributed by atoms with Crippen molar-refractivity contribution in [1.82, 2.24) is 15.5 Å². The lowest BCUT2D eigenvalue weighted by Crippen LogP contribution is -2.38. The van der Waals surface area contributed by atoms with Gasteiger partial charge in [0, 0.05) is 19.6 Å². The van der Waals surface area contributed by atoms with Crippen molar-refractivity contribution in [3.8, 4) is 0 Å². The number of benzene rings is 1. The van der Waals surface area contributed by atoms with Gasteiger partial charge in [-0.1, -0.05) is 18.2 Å². The Kier molecular flexibility index (Phi) is 11.0. The number of likely N-dealkylation sites (tertiary alicyclic amines) is 1. The van der Waals surface area contributed by atoms with Crippen molar-refractivity contribution in [2.45, 2.75) is 32.6 Å². The van der Waals surface area contributed by atoms with E-state index in [1.807, 2.05) is 12.1 Å². The maximum atomic E-state index is 13.6. The zero-order valence-corrected chi connectivity index (χ0v) is 16.9. The smallest absolute Gasteiger partial charge is 0.191 e. The standard InChI is InChI=1S/C18H29FN4.HI/c1-2-20-18(21-11-7-15-23-13-5-6-14-23)22-12-10-16-8-3-4-9-17(16)19;/h3-4,8-9H,2,5-7,10-15H2,1H3,(H2,20,21,22);1H. The first-order chi connectivity index (χ1) is 11.3. The van der Waals surface area contributed by atoms with Gasteiger partial charge >= 0.3 is 0 Å². The average molecular weight is 448 g/mol. The largest absolute Gasteiger partial charge is 0.357 e. The van der Waals surface area contributed by atoms with E-state index < -0.39 is 0 Å². The van der Waals surface area contributed by atoms with Crippen LogP contribution in [0.2, 0.25) is 0 Å². The number of guanidine groups is 1. The van der Waals surface area contributed by atoms with Gasteiger partial charge in [0.25, 0.3) is 0 Å². The number of hydrogen-bond acceptors (Lipinski definition) is 2. The first kappa shape index (κ1) is 21.2. The quantitative estimate of drug-likeness (QED) is 0.278. The summed E-state index contributed by atoms with van der Waals surface area (Å²) in [4.78, 5) is 7.11. The molecule has 0 bridgehead atoms. The fraction of sp³-hybridized carbons (Fsp3) is 0.611. The number of halogens is 2. The van der Waals surface area contributed by atoms with Crippen LogP contribution in [-0.2, 0) is 6.42 Å². The Morgan fingerprint density at radius 1 is 1.21 bits per heavy atom. The van der Waals surface area contributed by atoms with E-state index in [1.54, 1.807) is 6.07 Å². The van der Waals surface area contributed by atoms with Crippen LogP contribution in [0.25, 0.3) is 0 Å². The van der Waals surface area contributed by atoms with Crippen LogP contribution in [0.5, 0.6) is 0 Å².